The van der Waals surface area contributed by atoms with Crippen LogP contribution < -0.4 is 15.8 Å². The van der Waals surface area contributed by atoms with Crippen molar-refractivity contribution < 1.29 is 0 Å². The van der Waals surface area contributed by atoms with Gasteiger partial charge >= 0.3 is 0 Å². The van der Waals surface area contributed by atoms with Crippen LogP contribution in [0.4, 0.5) is 17.3 Å². The number of anilines is 3. The summed E-state index contributed by atoms with van der Waals surface area (Å²) in [5.74, 6) is 1.51. The first-order valence-electron chi connectivity index (χ1n) is 13.3. The van der Waals surface area contributed by atoms with E-state index >= 15 is 0 Å². The summed E-state index contributed by atoms with van der Waals surface area (Å²) in [6, 6.07) is 13.0. The monoisotopic (exact) mass is 510 g/mol. The summed E-state index contributed by atoms with van der Waals surface area (Å²) in [6.45, 7) is 11.7. The number of hydrogen-bond donors (Lipinski definition) is 1. The molecule has 196 valence electrons. The zero-order valence-electron chi connectivity index (χ0n) is 22.3. The fraction of sp³-hybridized carbons (Fsp3) is 0.379. The molecule has 0 amide bonds. The first-order valence-corrected chi connectivity index (χ1v) is 13.3. The standard InChI is InChI=1S/C29H34N8O/c1-5-14-36-28(38)24-17-30-29(31-22-9-11-23(12-10-22)35-16-15-34(4)20(3)18-35)33-27(24)37(36)25-13-8-21-7-6-19(2)26(21)32-25/h5,8-13,17,19-20H,1,6-7,14-16,18H2,2-4H3,(H,30,31,33). The van der Waals surface area contributed by atoms with Gasteiger partial charge in [0, 0.05) is 48.9 Å². The lowest BCUT2D eigenvalue weighted by Crippen LogP contribution is -2.50. The Labute approximate surface area is 222 Å². The third kappa shape index (κ3) is 4.26. The van der Waals surface area contributed by atoms with Gasteiger partial charge in [-0.15, -0.1) is 6.58 Å². The minimum atomic E-state index is -0.160. The van der Waals surface area contributed by atoms with Crippen LogP contribution in [-0.2, 0) is 13.0 Å². The van der Waals surface area contributed by atoms with Crippen molar-refractivity contribution in [1.82, 2.24) is 29.2 Å². The number of rotatable bonds is 6. The number of nitrogens with one attached hydrogen (secondary N) is 1. The summed E-state index contributed by atoms with van der Waals surface area (Å²) in [5, 5.41) is 3.77. The van der Waals surface area contributed by atoms with Gasteiger partial charge in [0.2, 0.25) is 5.95 Å². The molecule has 6 rings (SSSR count). The van der Waals surface area contributed by atoms with E-state index in [-0.39, 0.29) is 5.56 Å². The van der Waals surface area contributed by atoms with Gasteiger partial charge in [-0.25, -0.2) is 19.3 Å². The lowest BCUT2D eigenvalue weighted by atomic mass is 10.1. The number of aromatic nitrogens is 5. The smallest absolute Gasteiger partial charge is 0.278 e. The summed E-state index contributed by atoms with van der Waals surface area (Å²) < 4.78 is 3.42. The maximum absolute atomic E-state index is 13.3. The van der Waals surface area contributed by atoms with E-state index in [0.717, 1.165) is 43.9 Å². The van der Waals surface area contributed by atoms with Crippen LogP contribution in [0.15, 0.2) is 60.0 Å². The number of aryl methyl sites for hydroxylation is 1. The molecule has 0 saturated carbocycles. The van der Waals surface area contributed by atoms with E-state index in [0.29, 0.717) is 41.3 Å². The Kier molecular flexibility index (Phi) is 6.23. The van der Waals surface area contributed by atoms with Gasteiger partial charge in [-0.05, 0) is 68.6 Å². The number of benzene rings is 1. The predicted octanol–water partition coefficient (Wildman–Crippen LogP) is 4.10. The Morgan fingerprint density at radius 1 is 1.11 bits per heavy atom. The summed E-state index contributed by atoms with van der Waals surface area (Å²) in [5.41, 5.74) is 4.84. The van der Waals surface area contributed by atoms with Gasteiger partial charge in [-0.1, -0.05) is 19.1 Å². The molecule has 1 saturated heterocycles. The molecule has 2 aliphatic rings. The first kappa shape index (κ1) is 24.4. The van der Waals surface area contributed by atoms with Crippen molar-refractivity contribution in [1.29, 1.82) is 0 Å². The third-order valence-electron chi connectivity index (χ3n) is 7.95. The molecule has 1 aliphatic heterocycles. The van der Waals surface area contributed by atoms with Gasteiger partial charge < -0.3 is 15.1 Å². The van der Waals surface area contributed by atoms with E-state index in [1.807, 2.05) is 18.2 Å². The normalized spacial score (nSPS) is 19.6. The molecular formula is C29H34N8O. The van der Waals surface area contributed by atoms with Crippen LogP contribution in [0.1, 0.15) is 37.4 Å². The van der Waals surface area contributed by atoms with Crippen molar-refractivity contribution in [3.63, 3.8) is 0 Å². The van der Waals surface area contributed by atoms with Crippen LogP contribution in [0.25, 0.3) is 16.9 Å². The second-order valence-corrected chi connectivity index (χ2v) is 10.5. The molecule has 2 atom stereocenters. The number of pyridine rings is 1. The van der Waals surface area contributed by atoms with Crippen LogP contribution in [0.5, 0.6) is 0 Å². The minimum absolute atomic E-state index is 0.160. The average molecular weight is 511 g/mol. The quantitative estimate of drug-likeness (QED) is 0.391. The molecule has 4 heterocycles. The van der Waals surface area contributed by atoms with Gasteiger partial charge in [0.1, 0.15) is 5.39 Å². The zero-order chi connectivity index (χ0) is 26.4. The molecule has 1 aromatic carbocycles. The fourth-order valence-corrected chi connectivity index (χ4v) is 5.53. The van der Waals surface area contributed by atoms with Crippen LogP contribution >= 0.6 is 0 Å². The molecule has 9 heteroatoms. The predicted molar refractivity (Wildman–Crippen MR) is 152 cm³/mol. The number of nitrogens with zero attached hydrogens (tertiary/aromatic N) is 7. The van der Waals surface area contributed by atoms with Crippen LogP contribution in [0.2, 0.25) is 0 Å². The molecule has 3 aromatic heterocycles. The molecule has 1 aliphatic carbocycles. The van der Waals surface area contributed by atoms with E-state index in [1.165, 1.54) is 11.3 Å². The highest BCUT2D eigenvalue weighted by molar-refractivity contribution is 5.77. The molecule has 2 unspecified atom stereocenters. The van der Waals surface area contributed by atoms with Crippen LogP contribution in [-0.4, -0.2) is 61.9 Å². The molecule has 0 radical (unpaired) electrons. The van der Waals surface area contributed by atoms with Crippen molar-refractivity contribution in [3.05, 3.63) is 76.9 Å². The average Bonchev–Trinajstić information content (AvgIpc) is 3.42. The molecule has 4 aromatic rings. The number of hydrogen-bond acceptors (Lipinski definition) is 7. The van der Waals surface area contributed by atoms with Crippen molar-refractivity contribution in [2.24, 2.45) is 0 Å². The van der Waals surface area contributed by atoms with Crippen LogP contribution in [0.3, 0.4) is 0 Å². The Hall–Kier alpha value is -3.98. The topological polar surface area (TPSA) is 84.1 Å². The second-order valence-electron chi connectivity index (χ2n) is 10.5. The van der Waals surface area contributed by atoms with Crippen molar-refractivity contribution >= 4 is 28.4 Å². The Morgan fingerprint density at radius 2 is 1.92 bits per heavy atom. The first-order chi connectivity index (χ1) is 18.4. The van der Waals surface area contributed by atoms with Gasteiger partial charge in [0.15, 0.2) is 11.5 Å². The van der Waals surface area contributed by atoms with Gasteiger partial charge in [0.05, 0.1) is 6.54 Å². The van der Waals surface area contributed by atoms with Crippen LogP contribution in [0, 0.1) is 0 Å². The zero-order valence-corrected chi connectivity index (χ0v) is 22.3. The van der Waals surface area contributed by atoms with Gasteiger partial charge in [-0.3, -0.25) is 4.79 Å². The van der Waals surface area contributed by atoms with Gasteiger partial charge in [0.25, 0.3) is 5.56 Å². The lowest BCUT2D eigenvalue weighted by Gasteiger charge is -2.39. The summed E-state index contributed by atoms with van der Waals surface area (Å²) >= 11 is 0. The van der Waals surface area contributed by atoms with Crippen molar-refractivity contribution in [2.45, 2.75) is 45.2 Å². The van der Waals surface area contributed by atoms with E-state index in [9.17, 15) is 4.79 Å². The molecule has 0 bridgehead atoms. The van der Waals surface area contributed by atoms with Crippen molar-refractivity contribution in [2.75, 3.05) is 36.9 Å². The highest BCUT2D eigenvalue weighted by Crippen LogP contribution is 2.32. The third-order valence-corrected chi connectivity index (χ3v) is 7.95. The Morgan fingerprint density at radius 3 is 2.68 bits per heavy atom. The molecule has 38 heavy (non-hydrogen) atoms. The Balaban J connectivity index is 1.33. The maximum atomic E-state index is 13.3. The van der Waals surface area contributed by atoms with Gasteiger partial charge in [-0.2, -0.15) is 4.98 Å². The number of allylic oxidation sites excluding steroid dienone is 1. The number of piperazine rings is 1. The molecule has 9 nitrogen and oxygen atoms in total. The molecule has 1 N–H and O–H groups in total. The number of likely N-dealkylation sites (N-methyl/N-ethyl adjacent to an activating group) is 1. The SMILES string of the molecule is C=CCn1c(=O)c2cnc(Nc3ccc(N4CCN(C)C(C)C4)cc3)nc2n1-c1ccc2c(n1)C(C)CC2. The fourth-order valence-electron chi connectivity index (χ4n) is 5.53. The van der Waals surface area contributed by atoms with Crippen molar-refractivity contribution in [3.8, 4) is 5.82 Å². The Bertz CT molecular complexity index is 1550. The summed E-state index contributed by atoms with van der Waals surface area (Å²) in [4.78, 5) is 32.3. The number of fused-ring (bicyclic) bond motifs is 2. The maximum Gasteiger partial charge on any atom is 0.278 e. The van der Waals surface area contributed by atoms with E-state index < -0.39 is 0 Å². The van der Waals surface area contributed by atoms with E-state index in [1.54, 1.807) is 21.6 Å². The highest BCUT2D eigenvalue weighted by Gasteiger charge is 2.24. The summed E-state index contributed by atoms with van der Waals surface area (Å²) in [6.07, 6.45) is 5.44. The highest BCUT2D eigenvalue weighted by atomic mass is 16.1. The van der Waals surface area contributed by atoms with E-state index in [2.05, 4.69) is 65.8 Å². The van der Waals surface area contributed by atoms with E-state index in [4.69, 9.17) is 9.97 Å². The second kappa shape index (κ2) is 9.72. The largest absolute Gasteiger partial charge is 0.369 e. The lowest BCUT2D eigenvalue weighted by molar-refractivity contribution is 0.234. The molecule has 0 spiro atoms. The summed E-state index contributed by atoms with van der Waals surface area (Å²) in [7, 11) is 2.18. The molecule has 1 fully saturated rings. The minimum Gasteiger partial charge on any atom is -0.369 e. The molecular weight excluding hydrogens is 476 g/mol.